The highest BCUT2D eigenvalue weighted by Gasteiger charge is 2.34. The molecule has 1 amide bonds. The summed E-state index contributed by atoms with van der Waals surface area (Å²) in [7, 11) is 1.30. The molecule has 1 saturated heterocycles. The minimum Gasteiger partial charge on any atom is -0.379 e. The molecule has 0 spiro atoms. The first-order valence-corrected chi connectivity index (χ1v) is 9.84. The van der Waals surface area contributed by atoms with Gasteiger partial charge in [0.2, 0.25) is 10.0 Å². The molecule has 0 saturated carbocycles. The Morgan fingerprint density at radius 1 is 1.35 bits per heavy atom. The Bertz CT molecular complexity index is 939. The van der Waals surface area contributed by atoms with Crippen LogP contribution in [0.4, 0.5) is 4.39 Å². The van der Waals surface area contributed by atoms with Crippen LogP contribution in [-0.4, -0.2) is 62.3 Å². The Morgan fingerprint density at radius 2 is 2.08 bits per heavy atom. The van der Waals surface area contributed by atoms with E-state index in [4.69, 9.17) is 4.74 Å². The number of ether oxygens (including phenoxy) is 1. The van der Waals surface area contributed by atoms with Gasteiger partial charge in [-0.2, -0.15) is 0 Å². The number of rotatable bonds is 5. The number of sulfonamides is 1. The maximum Gasteiger partial charge on any atom is 0.268 e. The van der Waals surface area contributed by atoms with Crippen molar-refractivity contribution in [1.29, 1.82) is 0 Å². The maximum absolute atomic E-state index is 13.4. The lowest BCUT2D eigenvalue weighted by Gasteiger charge is -2.21. The van der Waals surface area contributed by atoms with E-state index in [0.29, 0.717) is 11.1 Å². The first-order valence-electron chi connectivity index (χ1n) is 8.23. The van der Waals surface area contributed by atoms with Crippen LogP contribution in [0, 0.1) is 11.7 Å². The number of hydrogen-bond acceptors (Lipinski definition) is 4. The molecule has 1 fully saturated rings. The van der Waals surface area contributed by atoms with Gasteiger partial charge in [-0.15, -0.1) is 0 Å². The van der Waals surface area contributed by atoms with E-state index < -0.39 is 16.1 Å². The molecule has 1 aliphatic heterocycles. The van der Waals surface area contributed by atoms with Crippen molar-refractivity contribution in [2.24, 2.45) is 13.0 Å². The number of amides is 1. The summed E-state index contributed by atoms with van der Waals surface area (Å²) in [4.78, 5) is 12.7. The second kappa shape index (κ2) is 6.98. The summed E-state index contributed by atoms with van der Waals surface area (Å²) in [5.74, 6) is -1.12. The Morgan fingerprint density at radius 3 is 2.77 bits per heavy atom. The molecule has 1 aromatic heterocycles. The highest BCUT2D eigenvalue weighted by molar-refractivity contribution is 7.89. The van der Waals surface area contributed by atoms with E-state index >= 15 is 0 Å². The number of aromatic nitrogens is 1. The molecule has 142 valence electrons. The van der Waals surface area contributed by atoms with Gasteiger partial charge in [0.25, 0.3) is 5.91 Å². The van der Waals surface area contributed by atoms with Crippen molar-refractivity contribution >= 4 is 26.8 Å². The van der Waals surface area contributed by atoms with Gasteiger partial charge in [0.15, 0.2) is 0 Å². The highest BCUT2D eigenvalue weighted by Crippen LogP contribution is 2.21. The van der Waals surface area contributed by atoms with Gasteiger partial charge in [-0.3, -0.25) is 4.79 Å². The molecule has 1 aliphatic rings. The number of nitrogens with one attached hydrogen (secondary N) is 1. The van der Waals surface area contributed by atoms with Crippen LogP contribution in [0.25, 0.3) is 10.9 Å². The third-order valence-corrected chi connectivity index (χ3v) is 6.70. The highest BCUT2D eigenvalue weighted by atomic mass is 32.2. The third-order valence-electron chi connectivity index (χ3n) is 4.73. The van der Waals surface area contributed by atoms with Crippen molar-refractivity contribution in [2.75, 3.05) is 33.1 Å². The van der Waals surface area contributed by atoms with E-state index in [2.05, 4.69) is 5.32 Å². The molecule has 3 rings (SSSR count). The van der Waals surface area contributed by atoms with Crippen LogP contribution in [0.2, 0.25) is 0 Å². The minimum atomic E-state index is -3.39. The van der Waals surface area contributed by atoms with E-state index in [0.717, 1.165) is 5.52 Å². The van der Waals surface area contributed by atoms with E-state index in [1.807, 2.05) is 0 Å². The average Bonchev–Trinajstić information content (AvgIpc) is 3.11. The number of carbonyl (C=O) groups is 1. The van der Waals surface area contributed by atoms with Gasteiger partial charge >= 0.3 is 0 Å². The number of nitrogens with zero attached hydrogens (tertiary/aromatic N) is 2. The van der Waals surface area contributed by atoms with Crippen molar-refractivity contribution in [1.82, 2.24) is 14.2 Å². The Balaban J connectivity index is 1.78. The molecular weight excluding hydrogens is 361 g/mol. The lowest BCUT2D eigenvalue weighted by Crippen LogP contribution is -2.44. The summed E-state index contributed by atoms with van der Waals surface area (Å²) in [6, 6.07) is 5.56. The topological polar surface area (TPSA) is 80.6 Å². The summed E-state index contributed by atoms with van der Waals surface area (Å²) >= 11 is 0. The molecule has 2 heterocycles. The van der Waals surface area contributed by atoms with E-state index in [1.165, 1.54) is 30.5 Å². The summed E-state index contributed by atoms with van der Waals surface area (Å²) in [5, 5.41) is 3.49. The number of benzene rings is 1. The van der Waals surface area contributed by atoms with Crippen molar-refractivity contribution in [3.05, 3.63) is 35.8 Å². The summed E-state index contributed by atoms with van der Waals surface area (Å²) < 4.78 is 45.8. The molecule has 1 N–H and O–H groups in total. The maximum atomic E-state index is 13.4. The number of aryl methyl sites for hydroxylation is 1. The van der Waals surface area contributed by atoms with Crippen LogP contribution < -0.4 is 5.32 Å². The largest absolute Gasteiger partial charge is 0.379 e. The molecule has 26 heavy (non-hydrogen) atoms. The number of carbonyl (C=O) groups excluding carboxylic acids is 1. The standard InChI is InChI=1S/C17H22FN3O4S/c1-20(2)26(23,24)10-12-8-25-9-14(12)19-17(22)16-7-11-6-13(18)4-5-15(11)21(16)3/h4-7,12,14H,8-10H2,1-3H3,(H,19,22). The van der Waals surface area contributed by atoms with Crippen molar-refractivity contribution in [2.45, 2.75) is 6.04 Å². The Labute approximate surface area is 151 Å². The molecule has 1 aromatic carbocycles. The molecule has 9 heteroatoms. The van der Waals surface area contributed by atoms with Crippen LogP contribution in [0.5, 0.6) is 0 Å². The fourth-order valence-corrected chi connectivity index (χ4v) is 4.29. The van der Waals surface area contributed by atoms with E-state index in [9.17, 15) is 17.6 Å². The van der Waals surface area contributed by atoms with Gasteiger partial charge in [-0.1, -0.05) is 0 Å². The first-order chi connectivity index (χ1) is 12.2. The second-order valence-electron chi connectivity index (χ2n) is 6.73. The molecule has 2 atom stereocenters. The molecule has 2 unspecified atom stereocenters. The molecule has 0 radical (unpaired) electrons. The zero-order valence-corrected chi connectivity index (χ0v) is 15.7. The lowest BCUT2D eigenvalue weighted by molar-refractivity contribution is 0.0918. The van der Waals surface area contributed by atoms with Crippen LogP contribution in [0.1, 0.15) is 10.5 Å². The molecule has 7 nitrogen and oxygen atoms in total. The van der Waals surface area contributed by atoms with Gasteiger partial charge in [0.1, 0.15) is 11.5 Å². The third kappa shape index (κ3) is 3.60. The van der Waals surface area contributed by atoms with Gasteiger partial charge in [0, 0.05) is 38.0 Å². The zero-order chi connectivity index (χ0) is 19.1. The number of hydrogen-bond donors (Lipinski definition) is 1. The summed E-state index contributed by atoms with van der Waals surface area (Å²) in [5.41, 5.74) is 1.12. The SMILES string of the molecule is CN(C)S(=O)(=O)CC1COCC1NC(=O)c1cc2cc(F)ccc2n1C. The lowest BCUT2D eigenvalue weighted by atomic mass is 10.1. The van der Waals surface area contributed by atoms with Gasteiger partial charge in [0.05, 0.1) is 25.0 Å². The fraction of sp³-hybridized carbons (Fsp3) is 0.471. The molecule has 2 aromatic rings. The van der Waals surface area contributed by atoms with E-state index in [-0.39, 0.29) is 36.6 Å². The first kappa shape index (κ1) is 18.8. The average molecular weight is 383 g/mol. The van der Waals surface area contributed by atoms with Crippen LogP contribution in [-0.2, 0) is 21.8 Å². The molecule has 0 bridgehead atoms. The van der Waals surface area contributed by atoms with Crippen molar-refractivity contribution in [3.63, 3.8) is 0 Å². The van der Waals surface area contributed by atoms with Crippen LogP contribution >= 0.6 is 0 Å². The van der Waals surface area contributed by atoms with Gasteiger partial charge in [-0.05, 0) is 24.3 Å². The molecular formula is C17H22FN3O4S. The smallest absolute Gasteiger partial charge is 0.268 e. The monoisotopic (exact) mass is 383 g/mol. The Kier molecular flexibility index (Phi) is 5.05. The predicted octanol–water partition coefficient (Wildman–Crippen LogP) is 0.954. The number of halogens is 1. The fourth-order valence-electron chi connectivity index (χ4n) is 3.12. The zero-order valence-electron chi connectivity index (χ0n) is 14.9. The van der Waals surface area contributed by atoms with E-state index in [1.54, 1.807) is 23.7 Å². The van der Waals surface area contributed by atoms with Crippen molar-refractivity contribution in [3.8, 4) is 0 Å². The number of fused-ring (bicyclic) bond motifs is 1. The van der Waals surface area contributed by atoms with Crippen LogP contribution in [0.15, 0.2) is 24.3 Å². The minimum absolute atomic E-state index is 0.0920. The second-order valence-corrected chi connectivity index (χ2v) is 8.96. The normalized spacial score (nSPS) is 20.8. The predicted molar refractivity (Wildman–Crippen MR) is 95.9 cm³/mol. The van der Waals surface area contributed by atoms with Crippen molar-refractivity contribution < 1.29 is 22.3 Å². The molecule has 0 aliphatic carbocycles. The van der Waals surface area contributed by atoms with Crippen LogP contribution in [0.3, 0.4) is 0 Å². The quantitative estimate of drug-likeness (QED) is 0.834. The van der Waals surface area contributed by atoms with Gasteiger partial charge < -0.3 is 14.6 Å². The summed E-state index contributed by atoms with van der Waals surface area (Å²) in [6.45, 7) is 0.538. The summed E-state index contributed by atoms with van der Waals surface area (Å²) in [6.07, 6.45) is 0. The van der Waals surface area contributed by atoms with Gasteiger partial charge in [-0.25, -0.2) is 17.1 Å². The Hall–Kier alpha value is -1.97.